The molecule has 3 amide bonds. The van der Waals surface area contributed by atoms with Crippen molar-refractivity contribution in [2.45, 2.75) is 91.6 Å². The second-order valence-electron chi connectivity index (χ2n) is 12.7. The second-order valence-corrected chi connectivity index (χ2v) is 12.7. The Bertz CT molecular complexity index is 1340. The molecule has 2 atom stereocenters. The van der Waals surface area contributed by atoms with E-state index in [-0.39, 0.29) is 18.2 Å². The highest BCUT2D eigenvalue weighted by Gasteiger charge is 2.42. The number of nitrogens with one attached hydrogen (secondary N) is 2. The van der Waals surface area contributed by atoms with Crippen molar-refractivity contribution in [2.24, 2.45) is 0 Å². The third-order valence-electron chi connectivity index (χ3n) is 6.86. The normalized spacial score (nSPS) is 13.0. The zero-order chi connectivity index (χ0) is 31.1. The summed E-state index contributed by atoms with van der Waals surface area (Å²) >= 11 is 0. The molecule has 0 fully saturated rings. The topological polar surface area (TPSA) is 87.7 Å². The van der Waals surface area contributed by atoms with Gasteiger partial charge in [0.25, 0.3) is 0 Å². The molecule has 0 aliphatic carbocycles. The van der Waals surface area contributed by atoms with Crippen LogP contribution in [0.4, 0.5) is 4.79 Å². The van der Waals surface area contributed by atoms with Crippen molar-refractivity contribution in [2.75, 3.05) is 0 Å². The fourth-order valence-corrected chi connectivity index (χ4v) is 5.03. The van der Waals surface area contributed by atoms with Crippen molar-refractivity contribution in [3.63, 3.8) is 0 Å². The lowest BCUT2D eigenvalue weighted by molar-refractivity contribution is -0.148. The van der Waals surface area contributed by atoms with Gasteiger partial charge in [0, 0.05) is 18.5 Å². The Morgan fingerprint density at radius 1 is 0.762 bits per heavy atom. The van der Waals surface area contributed by atoms with Crippen LogP contribution >= 0.6 is 0 Å². The summed E-state index contributed by atoms with van der Waals surface area (Å²) in [5.41, 5.74) is 2.86. The van der Waals surface area contributed by atoms with E-state index < -0.39 is 29.3 Å². The molecule has 224 valence electrons. The number of aryl methyl sites for hydroxylation is 2. The Morgan fingerprint density at radius 2 is 1.29 bits per heavy atom. The summed E-state index contributed by atoms with van der Waals surface area (Å²) in [4.78, 5) is 43.5. The molecule has 3 aromatic rings. The molecule has 0 saturated carbocycles. The van der Waals surface area contributed by atoms with Gasteiger partial charge in [-0.25, -0.2) is 4.79 Å². The molecule has 0 saturated heterocycles. The van der Waals surface area contributed by atoms with Crippen LogP contribution in [0.2, 0.25) is 0 Å². The van der Waals surface area contributed by atoms with E-state index in [1.165, 1.54) is 0 Å². The highest BCUT2D eigenvalue weighted by molar-refractivity contribution is 5.93. The van der Waals surface area contributed by atoms with Crippen LogP contribution in [0.1, 0.15) is 75.4 Å². The molecule has 7 nitrogen and oxygen atoms in total. The second kappa shape index (κ2) is 13.7. The highest BCUT2D eigenvalue weighted by Crippen LogP contribution is 2.34. The zero-order valence-electron chi connectivity index (χ0n) is 26.2. The van der Waals surface area contributed by atoms with E-state index >= 15 is 0 Å². The minimum Gasteiger partial charge on any atom is -0.444 e. The maximum absolute atomic E-state index is 14.7. The van der Waals surface area contributed by atoms with E-state index in [1.807, 2.05) is 113 Å². The molecule has 0 aliphatic heterocycles. The maximum atomic E-state index is 14.7. The Hall–Kier alpha value is -4.13. The van der Waals surface area contributed by atoms with Crippen molar-refractivity contribution < 1.29 is 19.1 Å². The first-order valence-electron chi connectivity index (χ1n) is 14.4. The van der Waals surface area contributed by atoms with Gasteiger partial charge < -0.3 is 20.3 Å². The van der Waals surface area contributed by atoms with Crippen LogP contribution in [-0.4, -0.2) is 40.0 Å². The smallest absolute Gasteiger partial charge is 0.408 e. The summed E-state index contributed by atoms with van der Waals surface area (Å²) in [7, 11) is 0. The van der Waals surface area contributed by atoms with E-state index in [0.717, 1.165) is 27.8 Å². The van der Waals surface area contributed by atoms with Gasteiger partial charge in [-0.15, -0.1) is 0 Å². The van der Waals surface area contributed by atoms with E-state index in [1.54, 1.807) is 25.7 Å². The van der Waals surface area contributed by atoms with Gasteiger partial charge in [-0.2, -0.15) is 0 Å². The number of carbonyl (C=O) groups excluding carboxylic acids is 3. The number of rotatable bonds is 9. The number of hydrogen-bond acceptors (Lipinski definition) is 4. The molecular formula is C35H45N3O4. The number of nitrogens with zero attached hydrogens (tertiary/aromatic N) is 1. The van der Waals surface area contributed by atoms with Crippen LogP contribution in [-0.2, 0) is 27.3 Å². The quantitative estimate of drug-likeness (QED) is 0.310. The molecule has 7 heteroatoms. The number of amides is 3. The fraction of sp³-hybridized carbons (Fsp3) is 0.400. The van der Waals surface area contributed by atoms with Gasteiger partial charge in [-0.1, -0.05) is 78.9 Å². The Balaban J connectivity index is 2.10. The third kappa shape index (κ3) is 8.93. The first-order valence-corrected chi connectivity index (χ1v) is 14.4. The number of benzene rings is 3. The molecule has 3 aromatic carbocycles. The van der Waals surface area contributed by atoms with Crippen molar-refractivity contribution in [3.8, 4) is 0 Å². The van der Waals surface area contributed by atoms with Crippen LogP contribution in [0.5, 0.6) is 0 Å². The van der Waals surface area contributed by atoms with Crippen molar-refractivity contribution in [1.82, 2.24) is 15.5 Å². The third-order valence-corrected chi connectivity index (χ3v) is 6.86. The van der Waals surface area contributed by atoms with E-state index in [4.69, 9.17) is 4.74 Å². The van der Waals surface area contributed by atoms with Gasteiger partial charge in [0.15, 0.2) is 0 Å². The average molecular weight is 572 g/mol. The number of hydrogen-bond donors (Lipinski definition) is 2. The summed E-state index contributed by atoms with van der Waals surface area (Å²) in [5, 5.41) is 5.90. The molecule has 0 aromatic heterocycles. The van der Waals surface area contributed by atoms with E-state index in [0.29, 0.717) is 6.54 Å². The van der Waals surface area contributed by atoms with Gasteiger partial charge >= 0.3 is 6.09 Å². The first-order chi connectivity index (χ1) is 19.7. The van der Waals surface area contributed by atoms with E-state index in [9.17, 15) is 14.4 Å². The fourth-order valence-electron chi connectivity index (χ4n) is 5.03. The predicted molar refractivity (Wildman–Crippen MR) is 167 cm³/mol. The Morgan fingerprint density at radius 3 is 1.79 bits per heavy atom. The van der Waals surface area contributed by atoms with Gasteiger partial charge in [-0.3, -0.25) is 9.59 Å². The Labute approximate surface area is 250 Å². The molecule has 0 radical (unpaired) electrons. The summed E-state index contributed by atoms with van der Waals surface area (Å²) in [6, 6.07) is 23.1. The maximum Gasteiger partial charge on any atom is 0.408 e. The molecule has 2 N–H and O–H groups in total. The largest absolute Gasteiger partial charge is 0.444 e. The van der Waals surface area contributed by atoms with Gasteiger partial charge in [0.2, 0.25) is 11.8 Å². The lowest BCUT2D eigenvalue weighted by Crippen LogP contribution is -2.59. The molecule has 42 heavy (non-hydrogen) atoms. The Kier molecular flexibility index (Phi) is 10.6. The van der Waals surface area contributed by atoms with Gasteiger partial charge in [-0.05, 0) is 83.2 Å². The molecule has 0 aliphatic rings. The lowest BCUT2D eigenvalue weighted by Gasteiger charge is -2.43. The lowest BCUT2D eigenvalue weighted by atomic mass is 9.89. The zero-order valence-corrected chi connectivity index (χ0v) is 26.2. The minimum atomic E-state index is -0.977. The first kappa shape index (κ1) is 32.4. The monoisotopic (exact) mass is 571 g/mol. The summed E-state index contributed by atoms with van der Waals surface area (Å²) < 4.78 is 5.54. The molecule has 0 bridgehead atoms. The number of ether oxygens (including phenoxy) is 1. The van der Waals surface area contributed by atoms with Gasteiger partial charge in [0.1, 0.15) is 17.7 Å². The standard InChI is InChI=1S/C35H45N3O4/c1-24-16-15-17-25(2)29(24)30(31(39)36-23-27-20-13-10-14-21-27)38(34(3,4)5)32(40)28(22-26-18-11-9-12-19-26)37-33(41)42-35(6,7)8/h9-21,28,30H,22-23H2,1-8H3,(H,36,39)(H,37,41). The van der Waals surface area contributed by atoms with Crippen LogP contribution in [0.3, 0.4) is 0 Å². The van der Waals surface area contributed by atoms with Crippen LogP contribution < -0.4 is 10.6 Å². The molecule has 2 unspecified atom stereocenters. The van der Waals surface area contributed by atoms with Gasteiger partial charge in [0.05, 0.1) is 0 Å². The van der Waals surface area contributed by atoms with Crippen LogP contribution in [0.25, 0.3) is 0 Å². The van der Waals surface area contributed by atoms with Crippen molar-refractivity contribution in [3.05, 3.63) is 107 Å². The summed E-state index contributed by atoms with van der Waals surface area (Å²) in [6.45, 7) is 15.3. The molecular weight excluding hydrogens is 526 g/mol. The minimum absolute atomic E-state index is 0.233. The van der Waals surface area contributed by atoms with E-state index in [2.05, 4.69) is 10.6 Å². The van der Waals surface area contributed by atoms with Crippen LogP contribution in [0.15, 0.2) is 78.9 Å². The highest BCUT2D eigenvalue weighted by atomic mass is 16.6. The SMILES string of the molecule is Cc1cccc(C)c1C(C(=O)NCc1ccccc1)N(C(=O)C(Cc1ccccc1)NC(=O)OC(C)(C)C)C(C)(C)C. The molecule has 0 heterocycles. The average Bonchev–Trinajstić information content (AvgIpc) is 2.90. The van der Waals surface area contributed by atoms with Crippen molar-refractivity contribution in [1.29, 1.82) is 0 Å². The summed E-state index contributed by atoms with van der Waals surface area (Å²) in [6.07, 6.45) is -0.459. The number of alkyl carbamates (subject to hydrolysis) is 1. The summed E-state index contributed by atoms with van der Waals surface area (Å²) in [5.74, 6) is -0.671. The van der Waals surface area contributed by atoms with Crippen molar-refractivity contribution >= 4 is 17.9 Å². The molecule has 3 rings (SSSR count). The van der Waals surface area contributed by atoms with Crippen LogP contribution in [0, 0.1) is 13.8 Å². The predicted octanol–water partition coefficient (Wildman–Crippen LogP) is 6.42. The molecule has 0 spiro atoms. The number of carbonyl (C=O) groups is 3.